The zero-order valence-corrected chi connectivity index (χ0v) is 16.1. The van der Waals surface area contributed by atoms with Crippen molar-refractivity contribution < 1.29 is 9.59 Å². The minimum Gasteiger partial charge on any atom is -0.372 e. The molecule has 0 bridgehead atoms. The van der Waals surface area contributed by atoms with Gasteiger partial charge in [0.2, 0.25) is 11.8 Å². The number of rotatable bonds is 7. The van der Waals surface area contributed by atoms with Crippen molar-refractivity contribution in [3.05, 3.63) is 53.1 Å². The van der Waals surface area contributed by atoms with Crippen LogP contribution >= 0.6 is 11.6 Å². The second kappa shape index (κ2) is 9.25. The molecule has 0 saturated heterocycles. The maximum absolute atomic E-state index is 12.1. The van der Waals surface area contributed by atoms with Gasteiger partial charge in [-0.3, -0.25) is 9.59 Å². The maximum Gasteiger partial charge on any atom is 0.233 e. The Morgan fingerprint density at radius 2 is 1.58 bits per heavy atom. The minimum atomic E-state index is -0.382. The van der Waals surface area contributed by atoms with Crippen LogP contribution in [0.2, 0.25) is 5.02 Å². The van der Waals surface area contributed by atoms with Crippen LogP contribution in [0.3, 0.4) is 0 Å². The van der Waals surface area contributed by atoms with Crippen LogP contribution in [0.25, 0.3) is 0 Å². The highest BCUT2D eigenvalue weighted by atomic mass is 35.5. The number of carbonyl (C=O) groups is 2. The first-order valence-corrected chi connectivity index (χ1v) is 9.01. The van der Waals surface area contributed by atoms with Crippen molar-refractivity contribution in [1.29, 1.82) is 0 Å². The lowest BCUT2D eigenvalue weighted by Gasteiger charge is -2.21. The number of nitrogens with one attached hydrogen (secondary N) is 2. The number of anilines is 3. The molecule has 138 valence electrons. The number of halogens is 1. The van der Waals surface area contributed by atoms with Crippen LogP contribution in [-0.2, 0) is 9.59 Å². The Labute approximate surface area is 159 Å². The summed E-state index contributed by atoms with van der Waals surface area (Å²) in [4.78, 5) is 26.4. The van der Waals surface area contributed by atoms with Gasteiger partial charge in [0.1, 0.15) is 6.42 Å². The van der Waals surface area contributed by atoms with Crippen molar-refractivity contribution in [2.45, 2.75) is 27.2 Å². The maximum atomic E-state index is 12.1. The quantitative estimate of drug-likeness (QED) is 0.704. The van der Waals surface area contributed by atoms with Crippen LogP contribution < -0.4 is 15.5 Å². The van der Waals surface area contributed by atoms with Crippen LogP contribution in [0.1, 0.15) is 25.8 Å². The number of nitrogens with zero attached hydrogens (tertiary/aromatic N) is 1. The number of benzene rings is 2. The van der Waals surface area contributed by atoms with Crippen molar-refractivity contribution in [3.8, 4) is 0 Å². The van der Waals surface area contributed by atoms with Gasteiger partial charge in [0.25, 0.3) is 0 Å². The third kappa shape index (κ3) is 5.49. The average molecular weight is 374 g/mol. The summed E-state index contributed by atoms with van der Waals surface area (Å²) in [5.41, 5.74) is 3.26. The molecule has 0 spiro atoms. The van der Waals surface area contributed by atoms with Gasteiger partial charge in [0, 0.05) is 35.2 Å². The van der Waals surface area contributed by atoms with Crippen LogP contribution in [0.15, 0.2) is 42.5 Å². The second-order valence-corrected chi connectivity index (χ2v) is 6.39. The van der Waals surface area contributed by atoms with Crippen LogP contribution in [-0.4, -0.2) is 24.9 Å². The van der Waals surface area contributed by atoms with Crippen molar-refractivity contribution in [2.24, 2.45) is 0 Å². The SMILES string of the molecule is CCN(CC)c1ccc(NC(=O)CC(=O)Nc2cc(Cl)ccc2C)cc1. The Morgan fingerprint density at radius 3 is 2.19 bits per heavy atom. The molecule has 5 nitrogen and oxygen atoms in total. The fourth-order valence-electron chi connectivity index (χ4n) is 2.62. The Balaban J connectivity index is 1.91. The lowest BCUT2D eigenvalue weighted by atomic mass is 10.2. The number of amides is 2. The van der Waals surface area contributed by atoms with E-state index in [9.17, 15) is 9.59 Å². The summed E-state index contributed by atoms with van der Waals surface area (Å²) in [6.45, 7) is 7.90. The molecule has 0 atom stereocenters. The molecule has 0 radical (unpaired) electrons. The molecule has 26 heavy (non-hydrogen) atoms. The van der Waals surface area contributed by atoms with Crippen molar-refractivity contribution >= 4 is 40.5 Å². The molecule has 2 amide bonds. The number of carbonyl (C=O) groups excluding carboxylic acids is 2. The van der Waals surface area contributed by atoms with Gasteiger partial charge in [-0.2, -0.15) is 0 Å². The summed E-state index contributed by atoms with van der Waals surface area (Å²) >= 11 is 5.94. The lowest BCUT2D eigenvalue weighted by Crippen LogP contribution is -2.22. The van der Waals surface area contributed by atoms with Gasteiger partial charge in [-0.15, -0.1) is 0 Å². The first-order chi connectivity index (χ1) is 12.4. The van der Waals surface area contributed by atoms with E-state index in [1.165, 1.54) is 0 Å². The van der Waals surface area contributed by atoms with E-state index in [0.717, 1.165) is 24.3 Å². The molecule has 0 aliphatic carbocycles. The van der Waals surface area contributed by atoms with Gasteiger partial charge >= 0.3 is 0 Å². The topological polar surface area (TPSA) is 61.4 Å². The smallest absolute Gasteiger partial charge is 0.233 e. The molecule has 2 aromatic carbocycles. The highest BCUT2D eigenvalue weighted by Gasteiger charge is 2.12. The zero-order valence-electron chi connectivity index (χ0n) is 15.3. The lowest BCUT2D eigenvalue weighted by molar-refractivity contribution is -0.123. The summed E-state index contributed by atoms with van der Waals surface area (Å²) in [6.07, 6.45) is -0.260. The molecule has 0 aromatic heterocycles. The molecule has 0 saturated carbocycles. The van der Waals surface area contributed by atoms with E-state index >= 15 is 0 Å². The molecule has 0 fully saturated rings. The number of hydrogen-bond acceptors (Lipinski definition) is 3. The van der Waals surface area contributed by atoms with E-state index in [2.05, 4.69) is 29.4 Å². The molecule has 0 heterocycles. The standard InChI is InChI=1S/C20H24ClN3O2/c1-4-24(5-2)17-10-8-16(9-11-17)22-19(25)13-20(26)23-18-12-15(21)7-6-14(18)3/h6-12H,4-5,13H2,1-3H3,(H,22,25)(H,23,26). The first kappa shape index (κ1) is 19.8. The molecule has 0 aliphatic rings. The van der Waals surface area contributed by atoms with Crippen molar-refractivity contribution in [3.63, 3.8) is 0 Å². The molecule has 2 aromatic rings. The van der Waals surface area contributed by atoms with Crippen molar-refractivity contribution in [2.75, 3.05) is 28.6 Å². The molecule has 6 heteroatoms. The number of aryl methyl sites for hydroxylation is 1. The van der Waals surface area contributed by atoms with Gasteiger partial charge in [-0.25, -0.2) is 0 Å². The van der Waals surface area contributed by atoms with E-state index in [4.69, 9.17) is 11.6 Å². The van der Waals surface area contributed by atoms with Gasteiger partial charge < -0.3 is 15.5 Å². The van der Waals surface area contributed by atoms with E-state index in [0.29, 0.717) is 16.4 Å². The molecular formula is C20H24ClN3O2. The van der Waals surface area contributed by atoms with E-state index in [1.54, 1.807) is 12.1 Å². The van der Waals surface area contributed by atoms with E-state index < -0.39 is 0 Å². The zero-order chi connectivity index (χ0) is 19.1. The van der Waals surface area contributed by atoms with Crippen molar-refractivity contribution in [1.82, 2.24) is 0 Å². The summed E-state index contributed by atoms with van der Waals surface area (Å²) in [7, 11) is 0. The highest BCUT2D eigenvalue weighted by molar-refractivity contribution is 6.31. The molecule has 2 rings (SSSR count). The molecule has 2 N–H and O–H groups in total. The second-order valence-electron chi connectivity index (χ2n) is 5.95. The predicted octanol–water partition coefficient (Wildman–Crippen LogP) is 4.46. The fourth-order valence-corrected chi connectivity index (χ4v) is 2.79. The highest BCUT2D eigenvalue weighted by Crippen LogP contribution is 2.21. The predicted molar refractivity (Wildman–Crippen MR) is 108 cm³/mol. The van der Waals surface area contributed by atoms with E-state index in [-0.39, 0.29) is 18.2 Å². The third-order valence-corrected chi connectivity index (χ3v) is 4.31. The summed E-state index contributed by atoms with van der Waals surface area (Å²) in [6, 6.07) is 12.8. The Hall–Kier alpha value is -2.53. The summed E-state index contributed by atoms with van der Waals surface area (Å²) in [5.74, 6) is -0.745. The minimum absolute atomic E-state index is 0.260. The molecular weight excluding hydrogens is 350 g/mol. The Bertz CT molecular complexity index is 771. The monoisotopic (exact) mass is 373 g/mol. The van der Waals surface area contributed by atoms with Gasteiger partial charge in [0.05, 0.1) is 0 Å². The number of hydrogen-bond donors (Lipinski definition) is 2. The van der Waals surface area contributed by atoms with Crippen LogP contribution in [0.4, 0.5) is 17.1 Å². The Kier molecular flexibility index (Phi) is 7.04. The molecule has 0 aliphatic heterocycles. The summed E-state index contributed by atoms with van der Waals surface area (Å²) in [5, 5.41) is 5.99. The van der Waals surface area contributed by atoms with E-state index in [1.807, 2.05) is 37.3 Å². The normalized spacial score (nSPS) is 10.3. The fraction of sp³-hybridized carbons (Fsp3) is 0.300. The first-order valence-electron chi connectivity index (χ1n) is 8.63. The third-order valence-electron chi connectivity index (χ3n) is 4.07. The summed E-state index contributed by atoms with van der Waals surface area (Å²) < 4.78 is 0. The largest absolute Gasteiger partial charge is 0.372 e. The Morgan fingerprint density at radius 1 is 0.962 bits per heavy atom. The molecule has 0 unspecified atom stereocenters. The van der Waals surface area contributed by atoms with Gasteiger partial charge in [-0.1, -0.05) is 17.7 Å². The van der Waals surface area contributed by atoms with Crippen LogP contribution in [0.5, 0.6) is 0 Å². The van der Waals surface area contributed by atoms with Gasteiger partial charge in [0.15, 0.2) is 0 Å². The average Bonchev–Trinajstić information content (AvgIpc) is 2.60. The van der Waals surface area contributed by atoms with Crippen LogP contribution in [0, 0.1) is 6.92 Å². The van der Waals surface area contributed by atoms with Gasteiger partial charge in [-0.05, 0) is 62.7 Å².